The van der Waals surface area contributed by atoms with Gasteiger partial charge in [-0.3, -0.25) is 0 Å². The lowest BCUT2D eigenvalue weighted by Gasteiger charge is -2.24. The number of nitrogens with zero attached hydrogens (tertiary/aromatic N) is 1. The highest BCUT2D eigenvalue weighted by atomic mass is 32.2. The normalized spacial score (nSPS) is 16.8. The quantitative estimate of drug-likeness (QED) is 0.815. The fraction of sp³-hybridized carbons (Fsp3) is 0.353. The summed E-state index contributed by atoms with van der Waals surface area (Å²) in [5, 5.41) is 5.20. The molecule has 0 fully saturated rings. The second-order valence-electron chi connectivity index (χ2n) is 5.99. The molecule has 7 nitrogen and oxygen atoms in total. The summed E-state index contributed by atoms with van der Waals surface area (Å²) >= 11 is 0. The first-order chi connectivity index (χ1) is 11.8. The van der Waals surface area contributed by atoms with Gasteiger partial charge >= 0.3 is 5.97 Å². The zero-order valence-electron chi connectivity index (χ0n) is 14.1. The molecule has 0 aliphatic carbocycles. The van der Waals surface area contributed by atoms with Crippen LogP contribution in [0.2, 0.25) is 0 Å². The van der Waals surface area contributed by atoms with Gasteiger partial charge in [0.05, 0.1) is 24.3 Å². The van der Waals surface area contributed by atoms with E-state index in [0.29, 0.717) is 30.9 Å². The van der Waals surface area contributed by atoms with E-state index in [1.165, 1.54) is 12.3 Å². The highest BCUT2D eigenvalue weighted by Gasteiger charge is 2.29. The standard InChI is InChI=1S/C17H20N2O5S/c1-3-23-17(20)14-6-7-24-16(14)10-19-11(2)8-12-9-13(25(18,21)22)4-5-15(12)19/h4-7,9,11H,3,8,10H2,1-2H3,(H2,18,21,22)/t11-/m0/s1. The monoisotopic (exact) mass is 364 g/mol. The van der Waals surface area contributed by atoms with Gasteiger partial charge in [-0.15, -0.1) is 0 Å². The number of anilines is 1. The fourth-order valence-electron chi connectivity index (χ4n) is 3.10. The van der Waals surface area contributed by atoms with Gasteiger partial charge in [-0.05, 0) is 50.1 Å². The van der Waals surface area contributed by atoms with Crippen molar-refractivity contribution >= 4 is 21.7 Å². The molecular weight excluding hydrogens is 344 g/mol. The number of ether oxygens (including phenoxy) is 1. The van der Waals surface area contributed by atoms with E-state index >= 15 is 0 Å². The van der Waals surface area contributed by atoms with Crippen LogP contribution in [-0.2, 0) is 27.7 Å². The Morgan fingerprint density at radius 3 is 2.84 bits per heavy atom. The average molecular weight is 364 g/mol. The zero-order valence-corrected chi connectivity index (χ0v) is 14.9. The van der Waals surface area contributed by atoms with Crippen LogP contribution in [-0.4, -0.2) is 27.0 Å². The molecule has 0 amide bonds. The Balaban J connectivity index is 1.89. The van der Waals surface area contributed by atoms with Gasteiger partial charge in [0.2, 0.25) is 10.0 Å². The molecule has 1 aliphatic heterocycles. The van der Waals surface area contributed by atoms with E-state index in [-0.39, 0.29) is 10.9 Å². The molecule has 2 heterocycles. The molecule has 0 unspecified atom stereocenters. The molecule has 8 heteroatoms. The molecule has 0 saturated heterocycles. The van der Waals surface area contributed by atoms with Crippen molar-refractivity contribution in [1.82, 2.24) is 0 Å². The smallest absolute Gasteiger partial charge is 0.341 e. The number of fused-ring (bicyclic) bond motifs is 1. The SMILES string of the molecule is CCOC(=O)c1ccoc1CN1c2ccc(S(N)(=O)=O)cc2C[C@@H]1C. The number of esters is 1. The van der Waals surface area contributed by atoms with Crippen molar-refractivity contribution in [2.24, 2.45) is 5.14 Å². The lowest BCUT2D eigenvalue weighted by molar-refractivity contribution is 0.0523. The second-order valence-corrected chi connectivity index (χ2v) is 7.56. The molecular formula is C17H20N2O5S. The van der Waals surface area contributed by atoms with E-state index in [4.69, 9.17) is 14.3 Å². The van der Waals surface area contributed by atoms with Crippen molar-refractivity contribution in [3.63, 3.8) is 0 Å². The first-order valence-corrected chi connectivity index (χ1v) is 9.51. The third-order valence-electron chi connectivity index (χ3n) is 4.29. The van der Waals surface area contributed by atoms with Gasteiger partial charge in [0.25, 0.3) is 0 Å². The van der Waals surface area contributed by atoms with E-state index in [1.807, 2.05) is 6.92 Å². The lowest BCUT2D eigenvalue weighted by atomic mass is 10.1. The summed E-state index contributed by atoms with van der Waals surface area (Å²) in [6.45, 7) is 4.47. The summed E-state index contributed by atoms with van der Waals surface area (Å²) < 4.78 is 33.6. The van der Waals surface area contributed by atoms with Crippen molar-refractivity contribution in [2.75, 3.05) is 11.5 Å². The summed E-state index contributed by atoms with van der Waals surface area (Å²) in [7, 11) is -3.73. The minimum atomic E-state index is -3.73. The number of hydrogen-bond donors (Lipinski definition) is 1. The molecule has 134 valence electrons. The van der Waals surface area contributed by atoms with Crippen LogP contribution in [0.4, 0.5) is 5.69 Å². The zero-order chi connectivity index (χ0) is 18.2. The highest BCUT2D eigenvalue weighted by molar-refractivity contribution is 7.89. The molecule has 1 aromatic carbocycles. The summed E-state index contributed by atoms with van der Waals surface area (Å²) in [6, 6.07) is 6.57. The minimum absolute atomic E-state index is 0.102. The number of sulfonamides is 1. The highest BCUT2D eigenvalue weighted by Crippen LogP contribution is 2.35. The minimum Gasteiger partial charge on any atom is -0.467 e. The predicted octanol–water partition coefficient (Wildman–Crippen LogP) is 2.05. The Bertz CT molecular complexity index is 904. The molecule has 1 aliphatic rings. The summed E-state index contributed by atoms with van der Waals surface area (Å²) in [5.74, 6) is 0.108. The predicted molar refractivity (Wildman–Crippen MR) is 91.8 cm³/mol. The average Bonchev–Trinajstić information content (AvgIpc) is 3.11. The van der Waals surface area contributed by atoms with E-state index in [9.17, 15) is 13.2 Å². The third-order valence-corrected chi connectivity index (χ3v) is 5.20. The number of hydrogen-bond acceptors (Lipinski definition) is 6. The number of primary sulfonamides is 1. The first kappa shape index (κ1) is 17.5. The van der Waals surface area contributed by atoms with Crippen LogP contribution in [0.3, 0.4) is 0 Å². The summed E-state index contributed by atoms with van der Waals surface area (Å²) in [6.07, 6.45) is 2.15. The van der Waals surface area contributed by atoms with Crippen LogP contribution < -0.4 is 10.0 Å². The lowest BCUT2D eigenvalue weighted by Crippen LogP contribution is -2.29. The molecule has 0 bridgehead atoms. The molecule has 1 aromatic heterocycles. The van der Waals surface area contributed by atoms with Gasteiger partial charge in [-0.2, -0.15) is 0 Å². The Hall–Kier alpha value is -2.32. The number of carbonyl (C=O) groups is 1. The largest absolute Gasteiger partial charge is 0.467 e. The fourth-order valence-corrected chi connectivity index (χ4v) is 3.66. The molecule has 3 rings (SSSR count). The maximum atomic E-state index is 12.0. The van der Waals surface area contributed by atoms with Gasteiger partial charge in [0.1, 0.15) is 11.3 Å². The molecule has 0 saturated carbocycles. The summed E-state index contributed by atoms with van der Waals surface area (Å²) in [4.78, 5) is 14.2. The van der Waals surface area contributed by atoms with Crippen molar-refractivity contribution in [2.45, 2.75) is 37.8 Å². The second kappa shape index (κ2) is 6.53. The van der Waals surface area contributed by atoms with Crippen molar-refractivity contribution in [1.29, 1.82) is 0 Å². The Morgan fingerprint density at radius 1 is 1.40 bits per heavy atom. The number of carbonyl (C=O) groups excluding carboxylic acids is 1. The van der Waals surface area contributed by atoms with Crippen LogP contribution in [0.15, 0.2) is 39.8 Å². The third kappa shape index (κ3) is 3.40. The molecule has 2 aromatic rings. The molecule has 0 spiro atoms. The van der Waals surface area contributed by atoms with Crippen LogP contribution in [0.25, 0.3) is 0 Å². The van der Waals surface area contributed by atoms with Crippen molar-refractivity contribution in [3.8, 4) is 0 Å². The van der Waals surface area contributed by atoms with Gasteiger partial charge < -0.3 is 14.1 Å². The molecule has 1 atom stereocenters. The maximum absolute atomic E-state index is 12.0. The molecule has 0 radical (unpaired) electrons. The van der Waals surface area contributed by atoms with Gasteiger partial charge in [0.15, 0.2) is 0 Å². The molecule has 2 N–H and O–H groups in total. The number of rotatable bonds is 5. The number of furan rings is 1. The number of benzene rings is 1. The summed E-state index contributed by atoms with van der Waals surface area (Å²) in [5.41, 5.74) is 2.22. The van der Waals surface area contributed by atoms with Crippen LogP contribution in [0.5, 0.6) is 0 Å². The van der Waals surface area contributed by atoms with E-state index in [0.717, 1.165) is 11.3 Å². The first-order valence-electron chi connectivity index (χ1n) is 7.97. The van der Waals surface area contributed by atoms with Crippen LogP contribution in [0, 0.1) is 0 Å². The Kier molecular flexibility index (Phi) is 4.57. The number of nitrogens with two attached hydrogens (primary N) is 1. The Labute approximate surface area is 146 Å². The van der Waals surface area contributed by atoms with Gasteiger partial charge in [-0.25, -0.2) is 18.4 Å². The van der Waals surface area contributed by atoms with Gasteiger partial charge in [-0.1, -0.05) is 0 Å². The van der Waals surface area contributed by atoms with E-state index in [2.05, 4.69) is 4.90 Å². The maximum Gasteiger partial charge on any atom is 0.341 e. The van der Waals surface area contributed by atoms with E-state index in [1.54, 1.807) is 25.1 Å². The van der Waals surface area contributed by atoms with Crippen molar-refractivity contribution in [3.05, 3.63) is 47.4 Å². The van der Waals surface area contributed by atoms with Crippen LogP contribution >= 0.6 is 0 Å². The Morgan fingerprint density at radius 2 is 2.16 bits per heavy atom. The van der Waals surface area contributed by atoms with E-state index < -0.39 is 16.0 Å². The van der Waals surface area contributed by atoms with Crippen LogP contribution in [0.1, 0.15) is 35.5 Å². The van der Waals surface area contributed by atoms with Gasteiger partial charge in [0, 0.05) is 11.7 Å². The van der Waals surface area contributed by atoms with Crippen molar-refractivity contribution < 1.29 is 22.4 Å². The molecule has 25 heavy (non-hydrogen) atoms. The topological polar surface area (TPSA) is 103 Å².